The van der Waals surface area contributed by atoms with Gasteiger partial charge in [-0.3, -0.25) is 14.7 Å². The molecule has 0 amide bonds. The van der Waals surface area contributed by atoms with Crippen LogP contribution in [0.2, 0.25) is 0 Å². The van der Waals surface area contributed by atoms with Gasteiger partial charge in [-0.05, 0) is 31.0 Å². The highest BCUT2D eigenvalue weighted by Gasteiger charge is 2.44. The van der Waals surface area contributed by atoms with Gasteiger partial charge in [0.2, 0.25) is 0 Å². The minimum atomic E-state index is -1.59. The molecule has 0 unspecified atom stereocenters. The summed E-state index contributed by atoms with van der Waals surface area (Å²) < 4.78 is 34.4. The quantitative estimate of drug-likeness (QED) is 0.443. The number of rotatable bonds is 9. The van der Waals surface area contributed by atoms with E-state index in [0.717, 1.165) is 0 Å². The molecule has 0 radical (unpaired) electrons. The molecule has 12 heteroatoms. The van der Waals surface area contributed by atoms with Gasteiger partial charge in [-0.1, -0.05) is 22.0 Å². The first kappa shape index (κ1) is 25.4. The Hall–Kier alpha value is -2.70. The predicted octanol–water partition coefficient (Wildman–Crippen LogP) is 3.84. The van der Waals surface area contributed by atoms with E-state index in [-0.39, 0.29) is 44.7 Å². The van der Waals surface area contributed by atoms with E-state index in [0.29, 0.717) is 26.6 Å². The molecular formula is C23H23BrF2N4O4S. The Balaban J connectivity index is 1.70. The predicted molar refractivity (Wildman–Crippen MR) is 129 cm³/mol. The summed E-state index contributed by atoms with van der Waals surface area (Å²) in [5.74, 6) is -1.64. The van der Waals surface area contributed by atoms with Crippen molar-refractivity contribution in [2.45, 2.75) is 31.5 Å². The number of ether oxygens (including phenoxy) is 1. The molecule has 1 saturated heterocycles. The van der Waals surface area contributed by atoms with Gasteiger partial charge in [0.05, 0.1) is 12.2 Å². The number of alkyl halides is 1. The molecular weight excluding hydrogens is 546 g/mol. The average molecular weight is 569 g/mol. The summed E-state index contributed by atoms with van der Waals surface area (Å²) in [4.78, 5) is 34.8. The van der Waals surface area contributed by atoms with Gasteiger partial charge < -0.3 is 15.2 Å². The van der Waals surface area contributed by atoms with Gasteiger partial charge in [0.15, 0.2) is 10.8 Å². The van der Waals surface area contributed by atoms with E-state index >= 15 is 0 Å². The zero-order valence-corrected chi connectivity index (χ0v) is 21.2. The van der Waals surface area contributed by atoms with Crippen LogP contribution in [0.25, 0.3) is 0 Å². The number of hydrogen-bond donors (Lipinski definition) is 2. The van der Waals surface area contributed by atoms with Gasteiger partial charge in [-0.25, -0.2) is 18.6 Å². The first-order valence-corrected chi connectivity index (χ1v) is 12.6. The number of carboxylic acids is 1. The minimum absolute atomic E-state index is 0.0379. The van der Waals surface area contributed by atoms with Crippen LogP contribution in [-0.4, -0.2) is 64.7 Å². The van der Waals surface area contributed by atoms with Crippen LogP contribution in [0.4, 0.5) is 8.78 Å². The van der Waals surface area contributed by atoms with Gasteiger partial charge in [0.25, 0.3) is 0 Å². The molecule has 3 heterocycles. The Morgan fingerprint density at radius 2 is 2.17 bits per heavy atom. The van der Waals surface area contributed by atoms with Crippen molar-refractivity contribution in [2.75, 3.05) is 26.2 Å². The normalized spacial score (nSPS) is 19.5. The highest BCUT2D eigenvalue weighted by Crippen LogP contribution is 2.38. The van der Waals surface area contributed by atoms with E-state index < -0.39 is 29.5 Å². The second-order valence-corrected chi connectivity index (χ2v) is 10.1. The van der Waals surface area contributed by atoms with Gasteiger partial charge in [-0.15, -0.1) is 11.3 Å². The molecule has 186 valence electrons. The fraction of sp³-hybridized carbons (Fsp3) is 0.391. The van der Waals surface area contributed by atoms with Crippen molar-refractivity contribution in [1.29, 1.82) is 0 Å². The van der Waals surface area contributed by atoms with E-state index in [2.05, 4.69) is 26.2 Å². The first-order valence-electron chi connectivity index (χ1n) is 10.9. The van der Waals surface area contributed by atoms with Crippen molar-refractivity contribution in [3.63, 3.8) is 0 Å². The number of aliphatic carboxylic acids is 1. The monoisotopic (exact) mass is 568 g/mol. The molecule has 0 saturated carbocycles. The van der Waals surface area contributed by atoms with Crippen LogP contribution in [0, 0.1) is 5.82 Å². The van der Waals surface area contributed by atoms with Gasteiger partial charge in [0.1, 0.15) is 17.5 Å². The van der Waals surface area contributed by atoms with Crippen LogP contribution in [-0.2, 0) is 14.3 Å². The minimum Gasteiger partial charge on any atom is -0.481 e. The number of carbonyl (C=O) groups is 2. The van der Waals surface area contributed by atoms with Gasteiger partial charge in [-0.2, -0.15) is 0 Å². The van der Waals surface area contributed by atoms with E-state index in [1.807, 2.05) is 0 Å². The Kier molecular flexibility index (Phi) is 7.62. The summed E-state index contributed by atoms with van der Waals surface area (Å²) in [6.07, 6.45) is 1.31. The molecule has 0 aliphatic carbocycles. The van der Waals surface area contributed by atoms with Crippen LogP contribution in [0.5, 0.6) is 0 Å². The third-order valence-corrected chi connectivity index (χ3v) is 7.16. The van der Waals surface area contributed by atoms with E-state index in [9.17, 15) is 18.4 Å². The number of hydrogen-bond acceptors (Lipinski definition) is 8. The number of aliphatic imine (C=N–C) groups is 1. The number of esters is 1. The van der Waals surface area contributed by atoms with Crippen molar-refractivity contribution in [2.24, 2.45) is 4.99 Å². The lowest BCUT2D eigenvalue weighted by molar-refractivity contribution is -0.140. The molecule has 2 aromatic rings. The summed E-state index contributed by atoms with van der Waals surface area (Å²) in [6, 6.07) is 3.33. The number of carbonyl (C=O) groups excluding carboxylic acids is 1. The molecule has 1 atom stereocenters. The summed E-state index contributed by atoms with van der Waals surface area (Å²) in [7, 11) is 0. The van der Waals surface area contributed by atoms with Gasteiger partial charge in [0, 0.05) is 47.8 Å². The third-order valence-electron chi connectivity index (χ3n) is 5.70. The number of nitrogens with zero attached hydrogens (tertiary/aromatic N) is 3. The largest absolute Gasteiger partial charge is 0.481 e. The highest BCUT2D eigenvalue weighted by atomic mass is 79.9. The van der Waals surface area contributed by atoms with Crippen LogP contribution in [0.1, 0.15) is 36.4 Å². The topological polar surface area (TPSA) is 104 Å². The molecule has 0 bridgehead atoms. The zero-order valence-electron chi connectivity index (χ0n) is 18.8. The zero-order chi connectivity index (χ0) is 25.2. The summed E-state index contributed by atoms with van der Waals surface area (Å²) >= 11 is 4.74. The van der Waals surface area contributed by atoms with E-state index in [1.54, 1.807) is 29.5 Å². The lowest BCUT2D eigenvalue weighted by Gasteiger charge is -2.45. The lowest BCUT2D eigenvalue weighted by Crippen LogP contribution is -2.60. The number of nitrogens with one attached hydrogen (secondary N) is 1. The summed E-state index contributed by atoms with van der Waals surface area (Å²) in [6.45, 7) is 2.10. The van der Waals surface area contributed by atoms with Crippen molar-refractivity contribution >= 4 is 45.0 Å². The second-order valence-electron chi connectivity index (χ2n) is 8.31. The number of likely N-dealkylation sites (tertiary alicyclic amines) is 1. The fourth-order valence-corrected chi connectivity index (χ4v) is 5.30. The van der Waals surface area contributed by atoms with Crippen molar-refractivity contribution in [1.82, 2.24) is 15.2 Å². The van der Waals surface area contributed by atoms with Crippen LogP contribution < -0.4 is 5.32 Å². The molecule has 1 aromatic carbocycles. The Bertz CT molecular complexity index is 1180. The molecule has 8 nitrogen and oxygen atoms in total. The SMILES string of the molecule is CCOC(=O)C1=C(CN2CC(F)(CCC(=O)O)C2)NC(c2nccs2)=N[C@H]1c1ccc(F)cc1Br. The molecule has 35 heavy (non-hydrogen) atoms. The molecule has 4 rings (SSSR count). The van der Waals surface area contributed by atoms with Crippen molar-refractivity contribution in [3.8, 4) is 0 Å². The highest BCUT2D eigenvalue weighted by molar-refractivity contribution is 9.10. The Morgan fingerprint density at radius 3 is 2.80 bits per heavy atom. The van der Waals surface area contributed by atoms with E-state index in [4.69, 9.17) is 14.8 Å². The van der Waals surface area contributed by atoms with Crippen LogP contribution in [0.3, 0.4) is 0 Å². The molecule has 1 aromatic heterocycles. The number of thiazole rings is 1. The van der Waals surface area contributed by atoms with Crippen molar-refractivity contribution in [3.05, 3.63) is 61.9 Å². The van der Waals surface area contributed by atoms with Crippen molar-refractivity contribution < 1.29 is 28.2 Å². The standard InChI is InChI=1S/C23H23BrF2N4O4S/c1-2-34-22(33)18-16(10-30-11-23(26,12-30)6-5-17(31)32)28-20(21-27-7-8-35-21)29-19(18)14-4-3-13(25)9-15(14)24/h3-4,7-9,19H,2,5-6,10-12H2,1H3,(H,28,29)(H,31,32)/t19-/m0/s1. The molecule has 2 aliphatic rings. The van der Waals surface area contributed by atoms with Gasteiger partial charge >= 0.3 is 11.9 Å². The number of carboxylic acid groups (broad SMARTS) is 1. The molecule has 1 fully saturated rings. The average Bonchev–Trinajstić information content (AvgIpc) is 3.31. The second kappa shape index (κ2) is 10.5. The van der Waals surface area contributed by atoms with Crippen LogP contribution >= 0.6 is 27.3 Å². The Labute approximate surface area is 212 Å². The van der Waals surface area contributed by atoms with E-state index in [1.165, 1.54) is 23.5 Å². The molecule has 2 N–H and O–H groups in total. The Morgan fingerprint density at radius 1 is 1.40 bits per heavy atom. The third kappa shape index (κ3) is 5.76. The lowest BCUT2D eigenvalue weighted by atomic mass is 9.89. The fourth-order valence-electron chi connectivity index (χ4n) is 4.15. The number of benzene rings is 1. The maximum absolute atomic E-state index is 14.9. The number of aromatic nitrogens is 1. The number of amidine groups is 1. The maximum Gasteiger partial charge on any atom is 0.338 e. The molecule has 2 aliphatic heterocycles. The van der Waals surface area contributed by atoms with Crippen LogP contribution in [0.15, 0.2) is 50.5 Å². The smallest absolute Gasteiger partial charge is 0.338 e. The molecule has 0 spiro atoms. The number of halogens is 3. The maximum atomic E-state index is 14.9. The first-order chi connectivity index (χ1) is 16.7. The summed E-state index contributed by atoms with van der Waals surface area (Å²) in [5, 5.41) is 14.4. The summed E-state index contributed by atoms with van der Waals surface area (Å²) in [5.41, 5.74) is -0.317.